The van der Waals surface area contributed by atoms with Crippen LogP contribution in [0.3, 0.4) is 0 Å². The molecule has 0 fully saturated rings. The van der Waals surface area contributed by atoms with Crippen LogP contribution >= 0.6 is 11.3 Å². The summed E-state index contributed by atoms with van der Waals surface area (Å²) in [6.07, 6.45) is 0.958. The maximum atomic E-state index is 13.7. The Morgan fingerprint density at radius 2 is 2.09 bits per heavy atom. The largest absolute Gasteiger partial charge is 0.481 e. The predicted octanol–water partition coefficient (Wildman–Crippen LogP) is 3.58. The Morgan fingerprint density at radius 3 is 2.77 bits per heavy atom. The van der Waals surface area contributed by atoms with Gasteiger partial charge in [-0.3, -0.25) is 0 Å². The molecule has 4 nitrogen and oxygen atoms in total. The standard InChI is InChI=1S/C15H9F2NO3S/c1-21-15-10-5-12(17)22-14(10)9(6-13(19)20)8-3-2-7(16)4-11(8)18-15/h2-6H,1H3,(H,19,20)/b9-6-. The van der Waals surface area contributed by atoms with E-state index in [0.29, 0.717) is 16.0 Å². The highest BCUT2D eigenvalue weighted by atomic mass is 32.1. The SMILES string of the molecule is COC1=Nc2cc(F)ccc2/C(=C/C(=O)O)c2sc(F)cc21. The van der Waals surface area contributed by atoms with Crippen LogP contribution in [0.5, 0.6) is 0 Å². The van der Waals surface area contributed by atoms with E-state index in [0.717, 1.165) is 17.4 Å². The molecule has 0 radical (unpaired) electrons. The first-order valence-corrected chi connectivity index (χ1v) is 6.98. The fourth-order valence-electron chi connectivity index (χ4n) is 2.26. The summed E-state index contributed by atoms with van der Waals surface area (Å²) >= 11 is 0.788. The number of rotatable bonds is 1. The van der Waals surface area contributed by atoms with Crippen molar-refractivity contribution in [3.8, 4) is 0 Å². The number of benzene rings is 1. The summed E-state index contributed by atoms with van der Waals surface area (Å²) in [6, 6.07) is 5.02. The van der Waals surface area contributed by atoms with Gasteiger partial charge >= 0.3 is 5.97 Å². The number of aliphatic carboxylic acids is 1. The quantitative estimate of drug-likeness (QED) is 0.817. The van der Waals surface area contributed by atoms with E-state index in [4.69, 9.17) is 9.84 Å². The van der Waals surface area contributed by atoms with E-state index in [-0.39, 0.29) is 17.2 Å². The lowest BCUT2D eigenvalue weighted by molar-refractivity contribution is -0.131. The molecule has 0 amide bonds. The summed E-state index contributed by atoms with van der Waals surface area (Å²) < 4.78 is 32.3. The topological polar surface area (TPSA) is 58.9 Å². The lowest BCUT2D eigenvalue weighted by Gasteiger charge is -2.06. The Kier molecular flexibility index (Phi) is 3.50. The fourth-order valence-corrected chi connectivity index (χ4v) is 3.17. The first-order valence-electron chi connectivity index (χ1n) is 6.17. The Balaban J connectivity index is 2.38. The van der Waals surface area contributed by atoms with Crippen molar-refractivity contribution in [2.24, 2.45) is 4.99 Å². The van der Waals surface area contributed by atoms with Gasteiger partial charge in [-0.2, -0.15) is 4.39 Å². The second-order valence-corrected chi connectivity index (χ2v) is 5.47. The van der Waals surface area contributed by atoms with Gasteiger partial charge in [-0.1, -0.05) is 0 Å². The van der Waals surface area contributed by atoms with Crippen molar-refractivity contribution < 1.29 is 23.4 Å². The van der Waals surface area contributed by atoms with Gasteiger partial charge in [0, 0.05) is 23.3 Å². The number of aliphatic imine (C=N–C) groups is 1. The van der Waals surface area contributed by atoms with E-state index in [1.165, 1.54) is 31.4 Å². The molecule has 112 valence electrons. The first-order chi connectivity index (χ1) is 10.5. The van der Waals surface area contributed by atoms with Crippen LogP contribution in [0.1, 0.15) is 16.0 Å². The third-order valence-electron chi connectivity index (χ3n) is 3.11. The zero-order valence-corrected chi connectivity index (χ0v) is 12.1. The van der Waals surface area contributed by atoms with Crippen LogP contribution in [0.2, 0.25) is 0 Å². The molecule has 3 rings (SSSR count). The molecule has 0 aliphatic carbocycles. The van der Waals surface area contributed by atoms with Gasteiger partial charge in [0.05, 0.1) is 23.2 Å². The van der Waals surface area contributed by atoms with Gasteiger partial charge in [-0.25, -0.2) is 14.2 Å². The van der Waals surface area contributed by atoms with E-state index >= 15 is 0 Å². The number of carboxylic acid groups (broad SMARTS) is 1. The predicted molar refractivity (Wildman–Crippen MR) is 78.6 cm³/mol. The van der Waals surface area contributed by atoms with E-state index in [2.05, 4.69) is 4.99 Å². The lowest BCUT2D eigenvalue weighted by Crippen LogP contribution is -2.03. The minimum absolute atomic E-state index is 0.107. The minimum Gasteiger partial charge on any atom is -0.481 e. The molecule has 1 N–H and O–H groups in total. The molecule has 0 bridgehead atoms. The number of fused-ring (bicyclic) bond motifs is 2. The molecule has 1 aliphatic rings. The molecule has 0 unspecified atom stereocenters. The number of methoxy groups -OCH3 is 1. The molecule has 0 saturated heterocycles. The van der Waals surface area contributed by atoms with Gasteiger partial charge in [0.2, 0.25) is 5.90 Å². The number of halogens is 2. The minimum atomic E-state index is -1.19. The highest BCUT2D eigenvalue weighted by Gasteiger charge is 2.25. The van der Waals surface area contributed by atoms with Gasteiger partial charge in [0.1, 0.15) is 5.82 Å². The van der Waals surface area contributed by atoms with Gasteiger partial charge in [0.25, 0.3) is 0 Å². The van der Waals surface area contributed by atoms with Crippen LogP contribution in [0, 0.1) is 10.9 Å². The second kappa shape index (κ2) is 5.34. The number of hydrogen-bond acceptors (Lipinski definition) is 4. The maximum Gasteiger partial charge on any atom is 0.328 e. The zero-order chi connectivity index (χ0) is 15.9. The molecule has 22 heavy (non-hydrogen) atoms. The van der Waals surface area contributed by atoms with Gasteiger partial charge in [-0.05, 0) is 18.2 Å². The molecular weight excluding hydrogens is 312 g/mol. The van der Waals surface area contributed by atoms with Crippen LogP contribution < -0.4 is 0 Å². The van der Waals surface area contributed by atoms with Crippen molar-refractivity contribution >= 4 is 34.5 Å². The van der Waals surface area contributed by atoms with E-state index in [9.17, 15) is 13.6 Å². The Morgan fingerprint density at radius 1 is 1.32 bits per heavy atom. The normalized spacial score (nSPS) is 14.9. The number of nitrogens with zero attached hydrogens (tertiary/aromatic N) is 1. The summed E-state index contributed by atoms with van der Waals surface area (Å²) in [4.78, 5) is 15.7. The average molecular weight is 321 g/mol. The molecule has 2 aromatic rings. The maximum absolute atomic E-state index is 13.7. The van der Waals surface area contributed by atoms with Crippen LogP contribution in [-0.4, -0.2) is 24.1 Å². The Bertz CT molecular complexity index is 839. The van der Waals surface area contributed by atoms with Crippen molar-refractivity contribution in [3.63, 3.8) is 0 Å². The monoisotopic (exact) mass is 321 g/mol. The van der Waals surface area contributed by atoms with E-state index < -0.39 is 16.9 Å². The van der Waals surface area contributed by atoms with Crippen LogP contribution in [0.4, 0.5) is 14.5 Å². The molecule has 0 atom stereocenters. The molecule has 7 heteroatoms. The number of ether oxygens (including phenoxy) is 1. The lowest BCUT2D eigenvalue weighted by atomic mass is 10.0. The molecule has 0 spiro atoms. The van der Waals surface area contributed by atoms with E-state index in [1.807, 2.05) is 0 Å². The smallest absolute Gasteiger partial charge is 0.328 e. The number of thiophene rings is 1. The highest BCUT2D eigenvalue weighted by Crippen LogP contribution is 2.40. The molecule has 2 heterocycles. The number of hydrogen-bond donors (Lipinski definition) is 1. The summed E-state index contributed by atoms with van der Waals surface area (Å²) in [5.74, 6) is -1.59. The molecule has 1 aliphatic heterocycles. The van der Waals surface area contributed by atoms with Crippen molar-refractivity contribution in [1.82, 2.24) is 0 Å². The van der Waals surface area contributed by atoms with Crippen LogP contribution in [-0.2, 0) is 9.53 Å². The van der Waals surface area contributed by atoms with Crippen LogP contribution in [0.25, 0.3) is 5.57 Å². The zero-order valence-electron chi connectivity index (χ0n) is 11.3. The first kappa shape index (κ1) is 14.4. The molecular formula is C15H9F2NO3S. The van der Waals surface area contributed by atoms with E-state index in [1.54, 1.807) is 0 Å². The molecule has 0 saturated carbocycles. The van der Waals surface area contributed by atoms with Crippen molar-refractivity contribution in [3.05, 3.63) is 57.3 Å². The van der Waals surface area contributed by atoms with Crippen molar-refractivity contribution in [1.29, 1.82) is 0 Å². The highest BCUT2D eigenvalue weighted by molar-refractivity contribution is 7.12. The molecule has 1 aromatic carbocycles. The molecule has 1 aromatic heterocycles. The Labute approximate surface area is 128 Å². The van der Waals surface area contributed by atoms with Crippen LogP contribution in [0.15, 0.2) is 35.3 Å². The second-order valence-electron chi connectivity index (χ2n) is 4.47. The summed E-state index contributed by atoms with van der Waals surface area (Å²) in [6.45, 7) is 0. The Hall–Kier alpha value is -2.54. The summed E-state index contributed by atoms with van der Waals surface area (Å²) in [7, 11) is 1.36. The van der Waals surface area contributed by atoms with Gasteiger partial charge in [-0.15, -0.1) is 11.3 Å². The summed E-state index contributed by atoms with van der Waals surface area (Å²) in [5.41, 5.74) is 1.24. The third-order valence-corrected chi connectivity index (χ3v) is 4.07. The summed E-state index contributed by atoms with van der Waals surface area (Å²) in [5, 5.41) is 8.60. The van der Waals surface area contributed by atoms with Crippen molar-refractivity contribution in [2.45, 2.75) is 0 Å². The third kappa shape index (κ3) is 2.39. The number of carbonyl (C=O) groups is 1. The van der Waals surface area contributed by atoms with Gasteiger partial charge < -0.3 is 9.84 Å². The van der Waals surface area contributed by atoms with Gasteiger partial charge in [0.15, 0.2) is 5.13 Å². The fraction of sp³-hybridized carbons (Fsp3) is 0.0667. The van der Waals surface area contributed by atoms with Crippen molar-refractivity contribution in [2.75, 3.05) is 7.11 Å². The average Bonchev–Trinajstić information content (AvgIpc) is 2.79. The number of carboxylic acids is 1.